The number of aryl methyl sites for hydroxylation is 1. The van der Waals surface area contributed by atoms with Crippen molar-refractivity contribution in [2.24, 2.45) is 0 Å². The Morgan fingerprint density at radius 2 is 1.76 bits per heavy atom. The van der Waals surface area contributed by atoms with Crippen molar-refractivity contribution < 1.29 is 18.7 Å². The smallest absolute Gasteiger partial charge is 0.225 e. The number of aliphatic hydroxyl groups is 1. The standard InChI is InChI=1S/C21H24F2N4O2/c1-13-20-18(25-21(24-13)27-4-2-26(3-5-27)6-7-28)10-15(11-19(20)29)14-8-16(22)12-17(23)9-14/h8-9,12,15,28H,2-7,10-11H2,1H3. The third kappa shape index (κ3) is 4.13. The van der Waals surface area contributed by atoms with Crippen molar-refractivity contribution in [2.75, 3.05) is 44.2 Å². The van der Waals surface area contributed by atoms with Gasteiger partial charge in [0.05, 0.1) is 23.6 Å². The Bertz CT molecular complexity index is 909. The molecule has 29 heavy (non-hydrogen) atoms. The molecule has 0 saturated carbocycles. The molecule has 1 atom stereocenters. The minimum absolute atomic E-state index is 0.0854. The maximum Gasteiger partial charge on any atom is 0.225 e. The summed E-state index contributed by atoms with van der Waals surface area (Å²) in [5.74, 6) is -1.08. The molecule has 1 unspecified atom stereocenters. The summed E-state index contributed by atoms with van der Waals surface area (Å²) in [5.41, 5.74) is 2.32. The van der Waals surface area contributed by atoms with Gasteiger partial charge in [0.1, 0.15) is 11.6 Å². The zero-order valence-electron chi connectivity index (χ0n) is 16.4. The van der Waals surface area contributed by atoms with Crippen LogP contribution in [0.2, 0.25) is 0 Å². The molecule has 1 aliphatic carbocycles. The number of nitrogens with zero attached hydrogens (tertiary/aromatic N) is 4. The maximum absolute atomic E-state index is 13.7. The first-order valence-electron chi connectivity index (χ1n) is 9.89. The van der Waals surface area contributed by atoms with Crippen molar-refractivity contribution in [3.05, 3.63) is 52.3 Å². The van der Waals surface area contributed by atoms with Gasteiger partial charge in [-0.1, -0.05) is 0 Å². The van der Waals surface area contributed by atoms with Crippen LogP contribution in [-0.2, 0) is 6.42 Å². The summed E-state index contributed by atoms with van der Waals surface area (Å²) in [7, 11) is 0. The van der Waals surface area contributed by atoms with Crippen LogP contribution in [-0.4, -0.2) is 65.1 Å². The van der Waals surface area contributed by atoms with Crippen LogP contribution in [0, 0.1) is 18.6 Å². The van der Waals surface area contributed by atoms with Crippen LogP contribution in [0.3, 0.4) is 0 Å². The summed E-state index contributed by atoms with van der Waals surface area (Å²) in [6.07, 6.45) is 0.643. The summed E-state index contributed by atoms with van der Waals surface area (Å²) >= 11 is 0. The molecule has 0 bridgehead atoms. The molecule has 1 aromatic heterocycles. The Morgan fingerprint density at radius 1 is 1.07 bits per heavy atom. The quantitative estimate of drug-likeness (QED) is 0.845. The molecule has 154 valence electrons. The van der Waals surface area contributed by atoms with E-state index in [4.69, 9.17) is 5.11 Å². The first-order valence-corrected chi connectivity index (χ1v) is 9.89. The Morgan fingerprint density at radius 3 is 2.41 bits per heavy atom. The number of benzene rings is 1. The normalized spacial score (nSPS) is 20.1. The van der Waals surface area contributed by atoms with Crippen LogP contribution >= 0.6 is 0 Å². The highest BCUT2D eigenvalue weighted by atomic mass is 19.1. The number of aliphatic hydroxyl groups excluding tert-OH is 1. The molecule has 2 aromatic rings. The second kappa shape index (κ2) is 8.12. The highest BCUT2D eigenvalue weighted by molar-refractivity contribution is 5.99. The summed E-state index contributed by atoms with van der Waals surface area (Å²) in [4.78, 5) is 26.3. The molecule has 2 heterocycles. The van der Waals surface area contributed by atoms with Crippen molar-refractivity contribution in [2.45, 2.75) is 25.7 Å². The van der Waals surface area contributed by atoms with Crippen LogP contribution in [0.1, 0.15) is 39.6 Å². The minimum atomic E-state index is -0.640. The maximum atomic E-state index is 13.7. The first kappa shape index (κ1) is 19.8. The number of fused-ring (bicyclic) bond motifs is 1. The number of halogens is 2. The first-order chi connectivity index (χ1) is 13.9. The number of hydrogen-bond acceptors (Lipinski definition) is 6. The number of rotatable bonds is 4. The van der Waals surface area contributed by atoms with Gasteiger partial charge in [0, 0.05) is 45.2 Å². The summed E-state index contributed by atoms with van der Waals surface area (Å²) in [6, 6.07) is 3.42. The monoisotopic (exact) mass is 402 g/mol. The fourth-order valence-corrected chi connectivity index (χ4v) is 4.26. The third-order valence-corrected chi connectivity index (χ3v) is 5.73. The molecular weight excluding hydrogens is 378 g/mol. The molecule has 4 rings (SSSR count). The van der Waals surface area contributed by atoms with Crippen molar-refractivity contribution >= 4 is 11.7 Å². The Balaban J connectivity index is 1.60. The number of anilines is 1. The van der Waals surface area contributed by atoms with Crippen LogP contribution in [0.25, 0.3) is 0 Å². The third-order valence-electron chi connectivity index (χ3n) is 5.73. The molecule has 1 aliphatic heterocycles. The number of ketones is 1. The predicted molar refractivity (Wildman–Crippen MR) is 104 cm³/mol. The molecule has 6 nitrogen and oxygen atoms in total. The van der Waals surface area contributed by atoms with E-state index in [0.717, 1.165) is 32.2 Å². The van der Waals surface area contributed by atoms with E-state index in [1.165, 1.54) is 12.1 Å². The molecule has 0 spiro atoms. The largest absolute Gasteiger partial charge is 0.395 e. The highest BCUT2D eigenvalue weighted by Crippen LogP contribution is 2.34. The lowest BCUT2D eigenvalue weighted by molar-refractivity contribution is 0.0961. The van der Waals surface area contributed by atoms with Gasteiger partial charge in [-0.25, -0.2) is 18.7 Å². The van der Waals surface area contributed by atoms with Crippen molar-refractivity contribution in [3.63, 3.8) is 0 Å². The molecule has 1 N–H and O–H groups in total. The highest BCUT2D eigenvalue weighted by Gasteiger charge is 2.31. The summed E-state index contributed by atoms with van der Waals surface area (Å²) in [5, 5.41) is 9.09. The second-order valence-electron chi connectivity index (χ2n) is 7.71. The molecular formula is C21H24F2N4O2. The number of hydrogen-bond donors (Lipinski definition) is 1. The molecule has 1 saturated heterocycles. The molecule has 0 amide bonds. The van der Waals surface area contributed by atoms with Gasteiger partial charge < -0.3 is 10.0 Å². The van der Waals surface area contributed by atoms with E-state index in [0.29, 0.717) is 41.4 Å². The number of aromatic nitrogens is 2. The van der Waals surface area contributed by atoms with Gasteiger partial charge in [-0.2, -0.15) is 0 Å². The minimum Gasteiger partial charge on any atom is -0.395 e. The van der Waals surface area contributed by atoms with E-state index in [-0.39, 0.29) is 24.7 Å². The zero-order valence-corrected chi connectivity index (χ0v) is 16.4. The van der Waals surface area contributed by atoms with E-state index in [1.54, 1.807) is 0 Å². The predicted octanol–water partition coefficient (Wildman–Crippen LogP) is 2.09. The van der Waals surface area contributed by atoms with Crippen molar-refractivity contribution in [1.29, 1.82) is 0 Å². The van der Waals surface area contributed by atoms with Gasteiger partial charge in [-0.15, -0.1) is 0 Å². The van der Waals surface area contributed by atoms with Gasteiger partial charge in [-0.3, -0.25) is 9.69 Å². The van der Waals surface area contributed by atoms with Crippen LogP contribution in [0.5, 0.6) is 0 Å². The van der Waals surface area contributed by atoms with Gasteiger partial charge in [-0.05, 0) is 37.0 Å². The summed E-state index contributed by atoms with van der Waals surface area (Å²) < 4.78 is 27.3. The number of carbonyl (C=O) groups is 1. The number of carbonyl (C=O) groups excluding carboxylic acids is 1. The van der Waals surface area contributed by atoms with E-state index < -0.39 is 11.6 Å². The molecule has 2 aliphatic rings. The fraction of sp³-hybridized carbons (Fsp3) is 0.476. The van der Waals surface area contributed by atoms with E-state index in [1.807, 2.05) is 6.92 Å². The molecule has 8 heteroatoms. The van der Waals surface area contributed by atoms with Crippen molar-refractivity contribution in [3.8, 4) is 0 Å². The SMILES string of the molecule is Cc1nc(N2CCN(CCO)CC2)nc2c1C(=O)CC(c1cc(F)cc(F)c1)C2. The number of β-amino-alcohol motifs (C(OH)–C–C–N with tert-alkyl or cyclic N) is 1. The molecule has 1 fully saturated rings. The lowest BCUT2D eigenvalue weighted by Crippen LogP contribution is -2.48. The Hall–Kier alpha value is -2.45. The van der Waals surface area contributed by atoms with Gasteiger partial charge >= 0.3 is 0 Å². The average Bonchev–Trinajstić information content (AvgIpc) is 2.67. The number of piperazine rings is 1. The molecule has 1 aromatic carbocycles. The second-order valence-corrected chi connectivity index (χ2v) is 7.71. The lowest BCUT2D eigenvalue weighted by atomic mass is 9.81. The topological polar surface area (TPSA) is 69.6 Å². The van der Waals surface area contributed by atoms with E-state index in [2.05, 4.69) is 19.8 Å². The van der Waals surface area contributed by atoms with E-state index >= 15 is 0 Å². The van der Waals surface area contributed by atoms with Gasteiger partial charge in [0.2, 0.25) is 5.95 Å². The zero-order chi connectivity index (χ0) is 20.5. The van der Waals surface area contributed by atoms with E-state index in [9.17, 15) is 13.6 Å². The van der Waals surface area contributed by atoms with Crippen LogP contribution < -0.4 is 4.90 Å². The lowest BCUT2D eigenvalue weighted by Gasteiger charge is -2.35. The fourth-order valence-electron chi connectivity index (χ4n) is 4.26. The Kier molecular flexibility index (Phi) is 5.56. The van der Waals surface area contributed by atoms with Crippen molar-refractivity contribution in [1.82, 2.24) is 14.9 Å². The van der Waals surface area contributed by atoms with Crippen LogP contribution in [0.4, 0.5) is 14.7 Å². The average molecular weight is 402 g/mol. The molecule has 0 radical (unpaired) electrons. The van der Waals surface area contributed by atoms with Crippen LogP contribution in [0.15, 0.2) is 18.2 Å². The summed E-state index contributed by atoms with van der Waals surface area (Å²) in [6.45, 7) is 5.70. The number of Topliss-reactive ketones (excluding diaryl/α,β-unsaturated/α-hetero) is 1. The van der Waals surface area contributed by atoms with Gasteiger partial charge in [0.25, 0.3) is 0 Å². The van der Waals surface area contributed by atoms with Gasteiger partial charge in [0.15, 0.2) is 5.78 Å². The Labute approximate surface area is 168 Å².